The fraction of sp³-hybridized carbons (Fsp3) is 0.381. The summed E-state index contributed by atoms with van der Waals surface area (Å²) < 4.78 is 4.59. The number of nitrogens with one attached hydrogen (secondary N) is 1. The molecule has 0 amide bonds. The molecule has 4 aromatic heterocycles. The van der Waals surface area contributed by atoms with Crippen molar-refractivity contribution in [3.8, 4) is 10.6 Å². The lowest BCUT2D eigenvalue weighted by molar-refractivity contribution is 0.587. The Morgan fingerprint density at radius 1 is 1.06 bits per heavy atom. The summed E-state index contributed by atoms with van der Waals surface area (Å²) in [6.45, 7) is 6.98. The summed E-state index contributed by atoms with van der Waals surface area (Å²) in [5.41, 5.74) is 0.182. The zero-order chi connectivity index (χ0) is 22.1. The Morgan fingerprint density at radius 2 is 1.87 bits per heavy atom. The Labute approximate surface area is 181 Å². The first kappa shape index (κ1) is 21.0. The normalized spacial score (nSPS) is 11.5. The summed E-state index contributed by atoms with van der Waals surface area (Å²) in [7, 11) is 0. The van der Waals surface area contributed by atoms with Crippen molar-refractivity contribution in [3.63, 3.8) is 0 Å². The molecule has 4 rings (SSSR count). The predicted octanol–water partition coefficient (Wildman–Crippen LogP) is 2.35. The van der Waals surface area contributed by atoms with Crippen molar-refractivity contribution < 1.29 is 0 Å². The molecule has 0 radical (unpaired) electrons. The summed E-state index contributed by atoms with van der Waals surface area (Å²) in [4.78, 5) is 46.6. The number of hydrogen-bond donors (Lipinski definition) is 1. The lowest BCUT2D eigenvalue weighted by Crippen LogP contribution is -2.31. The predicted molar refractivity (Wildman–Crippen MR) is 121 cm³/mol. The molecule has 1 N–H and O–H groups in total. The van der Waals surface area contributed by atoms with Crippen LogP contribution in [0.1, 0.15) is 37.4 Å². The van der Waals surface area contributed by atoms with E-state index in [4.69, 9.17) is 0 Å². The molecule has 0 aliphatic carbocycles. The number of aromatic nitrogens is 6. The van der Waals surface area contributed by atoms with Crippen LogP contribution in [0.3, 0.4) is 0 Å². The van der Waals surface area contributed by atoms with Gasteiger partial charge in [-0.2, -0.15) is 5.10 Å². The van der Waals surface area contributed by atoms with Gasteiger partial charge in [-0.3, -0.25) is 19.1 Å². The van der Waals surface area contributed by atoms with Crippen molar-refractivity contribution >= 4 is 22.5 Å². The van der Waals surface area contributed by atoms with Crippen molar-refractivity contribution in [2.24, 2.45) is 0 Å². The Kier molecular flexibility index (Phi) is 5.73. The summed E-state index contributed by atoms with van der Waals surface area (Å²) >= 11 is 1.60. The van der Waals surface area contributed by atoms with Gasteiger partial charge in [0, 0.05) is 24.0 Å². The van der Waals surface area contributed by atoms with Crippen LogP contribution in [-0.2, 0) is 19.6 Å². The van der Waals surface area contributed by atoms with Crippen LogP contribution >= 0.6 is 11.3 Å². The molecule has 4 heterocycles. The third kappa shape index (κ3) is 3.90. The highest BCUT2D eigenvalue weighted by Gasteiger charge is 2.18. The number of nitrogens with zero attached hydrogens (tertiary/aromatic N) is 5. The molecule has 162 valence electrons. The van der Waals surface area contributed by atoms with Crippen molar-refractivity contribution in [2.45, 2.75) is 53.2 Å². The van der Waals surface area contributed by atoms with Gasteiger partial charge in [-0.15, -0.1) is 11.3 Å². The number of aryl methyl sites for hydroxylation is 3. The SMILES string of the molecule is CCCCn1c(=O)[nH]c(=O)c2c1nc(Cn1nc(-c3ccc(C)s3)ccc1=O)n2CC. The number of rotatable bonds is 7. The topological polar surface area (TPSA) is 108 Å². The Bertz CT molecular complexity index is 1420. The van der Waals surface area contributed by atoms with Gasteiger partial charge in [-0.05, 0) is 38.5 Å². The van der Waals surface area contributed by atoms with Crippen molar-refractivity contribution in [2.75, 3.05) is 0 Å². The van der Waals surface area contributed by atoms with E-state index < -0.39 is 11.2 Å². The number of aromatic amines is 1. The molecule has 0 saturated heterocycles. The smallest absolute Gasteiger partial charge is 0.321 e. The van der Waals surface area contributed by atoms with Crippen LogP contribution in [0.2, 0.25) is 0 Å². The van der Waals surface area contributed by atoms with E-state index in [1.54, 1.807) is 22.0 Å². The zero-order valence-electron chi connectivity index (χ0n) is 17.7. The Hall–Kier alpha value is -3.27. The van der Waals surface area contributed by atoms with E-state index >= 15 is 0 Å². The highest BCUT2D eigenvalue weighted by atomic mass is 32.1. The number of imidazole rings is 1. The molecule has 0 spiro atoms. The minimum absolute atomic E-state index is 0.0982. The van der Waals surface area contributed by atoms with E-state index in [9.17, 15) is 14.4 Å². The molecule has 0 atom stereocenters. The minimum Gasteiger partial charge on any atom is -0.321 e. The molecule has 31 heavy (non-hydrogen) atoms. The molecular formula is C21H24N6O3S. The molecule has 0 aromatic carbocycles. The molecule has 10 heteroatoms. The van der Waals surface area contributed by atoms with Gasteiger partial charge in [0.2, 0.25) is 0 Å². The molecule has 0 aliphatic rings. The van der Waals surface area contributed by atoms with Gasteiger partial charge >= 0.3 is 5.69 Å². The Morgan fingerprint density at radius 3 is 2.55 bits per heavy atom. The second-order valence-electron chi connectivity index (χ2n) is 7.33. The average molecular weight is 441 g/mol. The lowest BCUT2D eigenvalue weighted by Gasteiger charge is -2.08. The van der Waals surface area contributed by atoms with E-state index in [1.807, 2.05) is 32.9 Å². The zero-order valence-corrected chi connectivity index (χ0v) is 18.5. The highest BCUT2D eigenvalue weighted by Crippen LogP contribution is 2.25. The first-order chi connectivity index (χ1) is 14.9. The number of thiophene rings is 1. The fourth-order valence-corrected chi connectivity index (χ4v) is 4.43. The Balaban J connectivity index is 1.84. The van der Waals surface area contributed by atoms with E-state index in [2.05, 4.69) is 15.1 Å². The summed E-state index contributed by atoms with van der Waals surface area (Å²) in [5, 5.41) is 4.52. The number of H-pyrrole nitrogens is 1. The van der Waals surface area contributed by atoms with Crippen molar-refractivity contribution in [1.29, 1.82) is 0 Å². The maximum absolute atomic E-state index is 12.6. The van der Waals surface area contributed by atoms with Gasteiger partial charge in [0.15, 0.2) is 11.2 Å². The standard InChI is InChI=1S/C21H24N6O3S/c1-4-6-11-26-19-18(20(29)23-21(26)30)25(5-2)16(22-19)12-27-17(28)10-8-14(24-27)15-9-7-13(3)31-15/h7-10H,4-6,11-12H2,1-3H3,(H,23,29,30). The van der Waals surface area contributed by atoms with Gasteiger partial charge in [0.1, 0.15) is 18.1 Å². The van der Waals surface area contributed by atoms with Crippen molar-refractivity contribution in [1.82, 2.24) is 28.9 Å². The van der Waals surface area contributed by atoms with Crippen LogP contribution in [0.25, 0.3) is 21.7 Å². The first-order valence-corrected chi connectivity index (χ1v) is 11.1. The van der Waals surface area contributed by atoms with Crippen molar-refractivity contribution in [3.05, 3.63) is 66.2 Å². The second-order valence-corrected chi connectivity index (χ2v) is 8.62. The summed E-state index contributed by atoms with van der Waals surface area (Å²) in [6.07, 6.45) is 1.70. The quantitative estimate of drug-likeness (QED) is 0.475. The molecule has 0 unspecified atom stereocenters. The van der Waals surface area contributed by atoms with Crippen LogP contribution in [-0.4, -0.2) is 28.9 Å². The molecule has 0 fully saturated rings. The maximum atomic E-state index is 12.6. The number of fused-ring (bicyclic) bond motifs is 1. The largest absolute Gasteiger partial charge is 0.330 e. The summed E-state index contributed by atoms with van der Waals surface area (Å²) in [5.74, 6) is 0.507. The van der Waals surface area contributed by atoms with E-state index in [-0.39, 0.29) is 12.1 Å². The molecule has 0 bridgehead atoms. The van der Waals surface area contributed by atoms with E-state index in [0.717, 1.165) is 22.6 Å². The molecule has 0 aliphatic heterocycles. The summed E-state index contributed by atoms with van der Waals surface area (Å²) in [6, 6.07) is 7.18. The van der Waals surface area contributed by atoms with E-state index in [0.29, 0.717) is 35.8 Å². The first-order valence-electron chi connectivity index (χ1n) is 10.3. The fourth-order valence-electron chi connectivity index (χ4n) is 3.60. The van der Waals surface area contributed by atoms with Crippen LogP contribution in [0, 0.1) is 6.92 Å². The third-order valence-corrected chi connectivity index (χ3v) is 6.19. The van der Waals surface area contributed by atoms with Gasteiger partial charge < -0.3 is 4.57 Å². The molecule has 9 nitrogen and oxygen atoms in total. The monoisotopic (exact) mass is 440 g/mol. The van der Waals surface area contributed by atoms with Crippen LogP contribution < -0.4 is 16.8 Å². The second kappa shape index (κ2) is 8.46. The van der Waals surface area contributed by atoms with Crippen LogP contribution in [0.5, 0.6) is 0 Å². The lowest BCUT2D eigenvalue weighted by atomic mass is 10.3. The van der Waals surface area contributed by atoms with Crippen LogP contribution in [0.15, 0.2) is 38.6 Å². The van der Waals surface area contributed by atoms with E-state index in [1.165, 1.54) is 15.3 Å². The van der Waals surface area contributed by atoms with Gasteiger partial charge in [0.05, 0.1) is 4.88 Å². The van der Waals surface area contributed by atoms with Gasteiger partial charge in [-0.25, -0.2) is 14.5 Å². The van der Waals surface area contributed by atoms with Crippen LogP contribution in [0.4, 0.5) is 0 Å². The van der Waals surface area contributed by atoms with Gasteiger partial charge in [-0.1, -0.05) is 13.3 Å². The number of unbranched alkanes of at least 4 members (excludes halogenated alkanes) is 1. The molecule has 4 aromatic rings. The third-order valence-electron chi connectivity index (χ3n) is 5.17. The highest BCUT2D eigenvalue weighted by molar-refractivity contribution is 7.15. The number of hydrogen-bond acceptors (Lipinski definition) is 6. The molecular weight excluding hydrogens is 416 g/mol. The minimum atomic E-state index is -0.475. The van der Waals surface area contributed by atoms with Gasteiger partial charge in [0.25, 0.3) is 11.1 Å². The average Bonchev–Trinajstić information content (AvgIpc) is 3.33. The maximum Gasteiger partial charge on any atom is 0.330 e. The molecule has 0 saturated carbocycles.